The second-order valence-electron chi connectivity index (χ2n) is 4.86. The minimum absolute atomic E-state index is 0.457. The first kappa shape index (κ1) is 11.8. The summed E-state index contributed by atoms with van der Waals surface area (Å²) in [4.78, 5) is 25.7. The van der Waals surface area contributed by atoms with Gasteiger partial charge in [-0.3, -0.25) is 9.59 Å². The number of hydrogen-bond donors (Lipinski definition) is 3. The molecule has 3 rings (SSSR count). The first-order valence-electron chi connectivity index (χ1n) is 6.14. The lowest BCUT2D eigenvalue weighted by atomic mass is 9.86. The molecule has 98 valence electrons. The molecular formula is C14H13NO4. The van der Waals surface area contributed by atoms with Gasteiger partial charge < -0.3 is 15.2 Å². The van der Waals surface area contributed by atoms with E-state index in [1.54, 1.807) is 0 Å². The molecule has 1 unspecified atom stereocenters. The summed E-state index contributed by atoms with van der Waals surface area (Å²) < 4.78 is 0. The molecule has 0 bridgehead atoms. The molecule has 5 heteroatoms. The minimum Gasteiger partial charge on any atom is -0.481 e. The van der Waals surface area contributed by atoms with Crippen LogP contribution in [0.5, 0.6) is 0 Å². The van der Waals surface area contributed by atoms with E-state index in [0.717, 1.165) is 22.2 Å². The van der Waals surface area contributed by atoms with E-state index in [-0.39, 0.29) is 0 Å². The molecule has 0 fully saturated rings. The maximum Gasteiger partial charge on any atom is 0.318 e. The monoisotopic (exact) mass is 259 g/mol. The Kier molecular flexibility index (Phi) is 2.55. The van der Waals surface area contributed by atoms with Crippen molar-refractivity contribution in [3.8, 4) is 0 Å². The quantitative estimate of drug-likeness (QED) is 0.735. The van der Waals surface area contributed by atoms with E-state index in [4.69, 9.17) is 10.2 Å². The largest absolute Gasteiger partial charge is 0.481 e. The SMILES string of the molecule is O=C(O)C(C(=O)O)C1CCc2[nH]c3ccccc3c21. The Labute approximate surface area is 108 Å². The number of carboxylic acids is 2. The first-order chi connectivity index (χ1) is 9.09. The number of rotatable bonds is 3. The standard InChI is InChI=1S/C14H13NO4/c16-13(17)12(14(18)19)8-5-6-10-11(8)7-3-1-2-4-9(7)15-10/h1-4,8,12,15H,5-6H2,(H,16,17)(H,18,19). The molecule has 0 radical (unpaired) electrons. The zero-order valence-corrected chi connectivity index (χ0v) is 10.1. The van der Waals surface area contributed by atoms with Gasteiger partial charge in [-0.05, 0) is 24.5 Å². The van der Waals surface area contributed by atoms with Crippen LogP contribution < -0.4 is 0 Å². The summed E-state index contributed by atoms with van der Waals surface area (Å²) >= 11 is 0. The summed E-state index contributed by atoms with van der Waals surface area (Å²) in [7, 11) is 0. The average molecular weight is 259 g/mol. The van der Waals surface area contributed by atoms with Crippen molar-refractivity contribution in [3.63, 3.8) is 0 Å². The summed E-state index contributed by atoms with van der Waals surface area (Å²) in [5.41, 5.74) is 2.77. The highest BCUT2D eigenvalue weighted by atomic mass is 16.4. The molecule has 1 atom stereocenters. The summed E-state index contributed by atoms with van der Waals surface area (Å²) in [6, 6.07) is 7.60. The number of H-pyrrole nitrogens is 1. The van der Waals surface area contributed by atoms with Crippen LogP contribution in [0.25, 0.3) is 10.9 Å². The molecule has 19 heavy (non-hydrogen) atoms. The van der Waals surface area contributed by atoms with Crippen LogP contribution >= 0.6 is 0 Å². The van der Waals surface area contributed by atoms with Crippen LogP contribution in [0, 0.1) is 5.92 Å². The molecule has 1 aromatic carbocycles. The number of benzene rings is 1. The van der Waals surface area contributed by atoms with Crippen molar-refractivity contribution in [2.45, 2.75) is 18.8 Å². The van der Waals surface area contributed by atoms with Crippen molar-refractivity contribution in [1.82, 2.24) is 4.98 Å². The van der Waals surface area contributed by atoms with Crippen molar-refractivity contribution < 1.29 is 19.8 Å². The van der Waals surface area contributed by atoms with Crippen molar-refractivity contribution in [2.75, 3.05) is 0 Å². The summed E-state index contributed by atoms with van der Waals surface area (Å²) in [6.07, 6.45) is 1.26. The number of aliphatic carboxylic acids is 2. The molecule has 1 heterocycles. The molecule has 0 aliphatic heterocycles. The van der Waals surface area contributed by atoms with Crippen molar-refractivity contribution in [2.24, 2.45) is 5.92 Å². The highest BCUT2D eigenvalue weighted by molar-refractivity contribution is 5.96. The van der Waals surface area contributed by atoms with Crippen molar-refractivity contribution >= 4 is 22.8 Å². The van der Waals surface area contributed by atoms with Gasteiger partial charge in [0.05, 0.1) is 0 Å². The molecule has 0 saturated carbocycles. The Hall–Kier alpha value is -2.30. The molecule has 1 aliphatic carbocycles. The number of hydrogen-bond acceptors (Lipinski definition) is 2. The highest BCUT2D eigenvalue weighted by Gasteiger charge is 2.41. The number of fused-ring (bicyclic) bond motifs is 3. The predicted octanol–water partition coefficient (Wildman–Crippen LogP) is 1.98. The van der Waals surface area contributed by atoms with Gasteiger partial charge in [0.1, 0.15) is 0 Å². The second-order valence-corrected chi connectivity index (χ2v) is 4.86. The fourth-order valence-electron chi connectivity index (χ4n) is 3.07. The topological polar surface area (TPSA) is 90.4 Å². The third kappa shape index (κ3) is 1.69. The number of carbonyl (C=O) groups is 2. The highest BCUT2D eigenvalue weighted by Crippen LogP contribution is 2.42. The molecular weight excluding hydrogens is 246 g/mol. The maximum absolute atomic E-state index is 11.2. The molecule has 1 aliphatic rings. The number of aromatic amines is 1. The molecule has 3 N–H and O–H groups in total. The lowest BCUT2D eigenvalue weighted by Gasteiger charge is -2.16. The summed E-state index contributed by atoms with van der Waals surface area (Å²) in [5.74, 6) is -4.37. The van der Waals surface area contributed by atoms with Gasteiger partial charge in [-0.2, -0.15) is 0 Å². The predicted molar refractivity (Wildman–Crippen MR) is 68.1 cm³/mol. The third-order valence-corrected chi connectivity index (χ3v) is 3.84. The van der Waals surface area contributed by atoms with E-state index >= 15 is 0 Å². The van der Waals surface area contributed by atoms with Gasteiger partial charge in [-0.15, -0.1) is 0 Å². The molecule has 0 saturated heterocycles. The Morgan fingerprint density at radius 1 is 1.21 bits per heavy atom. The molecule has 5 nitrogen and oxygen atoms in total. The van der Waals surface area contributed by atoms with Gasteiger partial charge in [0.15, 0.2) is 5.92 Å². The van der Waals surface area contributed by atoms with Crippen molar-refractivity contribution in [1.29, 1.82) is 0 Å². The fraction of sp³-hybridized carbons (Fsp3) is 0.286. The Morgan fingerprint density at radius 3 is 2.58 bits per heavy atom. The van der Waals surface area contributed by atoms with E-state index in [9.17, 15) is 9.59 Å². The Morgan fingerprint density at radius 2 is 1.89 bits per heavy atom. The maximum atomic E-state index is 11.2. The van der Waals surface area contributed by atoms with E-state index < -0.39 is 23.8 Å². The van der Waals surface area contributed by atoms with Gasteiger partial charge in [-0.1, -0.05) is 18.2 Å². The van der Waals surface area contributed by atoms with Gasteiger partial charge >= 0.3 is 11.9 Å². The fourth-order valence-corrected chi connectivity index (χ4v) is 3.07. The average Bonchev–Trinajstić information content (AvgIpc) is 2.88. The third-order valence-electron chi connectivity index (χ3n) is 3.84. The van der Waals surface area contributed by atoms with Crippen LogP contribution in [0.15, 0.2) is 24.3 Å². The van der Waals surface area contributed by atoms with E-state index in [1.807, 2.05) is 24.3 Å². The summed E-state index contributed by atoms with van der Waals surface area (Å²) in [5, 5.41) is 19.2. The molecule has 1 aromatic heterocycles. The van der Waals surface area contributed by atoms with Crippen LogP contribution in [0.3, 0.4) is 0 Å². The lowest BCUT2D eigenvalue weighted by Crippen LogP contribution is -2.28. The van der Waals surface area contributed by atoms with Gasteiger partial charge in [0.25, 0.3) is 0 Å². The Balaban J connectivity index is 2.15. The smallest absolute Gasteiger partial charge is 0.318 e. The number of carboxylic acid groups (broad SMARTS) is 2. The van der Waals surface area contributed by atoms with Crippen LogP contribution in [0.4, 0.5) is 0 Å². The van der Waals surface area contributed by atoms with E-state index in [2.05, 4.69) is 4.98 Å². The zero-order chi connectivity index (χ0) is 13.6. The van der Waals surface area contributed by atoms with Crippen molar-refractivity contribution in [3.05, 3.63) is 35.5 Å². The van der Waals surface area contributed by atoms with E-state index in [0.29, 0.717) is 12.8 Å². The summed E-state index contributed by atoms with van der Waals surface area (Å²) in [6.45, 7) is 0. The zero-order valence-electron chi connectivity index (χ0n) is 10.1. The number of para-hydroxylation sites is 1. The first-order valence-corrected chi connectivity index (χ1v) is 6.14. The van der Waals surface area contributed by atoms with Gasteiger partial charge in [-0.25, -0.2) is 0 Å². The number of nitrogens with one attached hydrogen (secondary N) is 1. The van der Waals surface area contributed by atoms with Crippen LogP contribution in [0.1, 0.15) is 23.6 Å². The molecule has 2 aromatic rings. The second kappa shape index (κ2) is 4.12. The normalized spacial score (nSPS) is 17.8. The van der Waals surface area contributed by atoms with Gasteiger partial charge in [0.2, 0.25) is 0 Å². The number of aryl methyl sites for hydroxylation is 1. The van der Waals surface area contributed by atoms with Gasteiger partial charge in [0, 0.05) is 22.5 Å². The molecule has 0 spiro atoms. The lowest BCUT2D eigenvalue weighted by molar-refractivity contribution is -0.155. The van der Waals surface area contributed by atoms with Crippen LogP contribution in [-0.4, -0.2) is 27.1 Å². The number of aromatic nitrogens is 1. The van der Waals surface area contributed by atoms with Crippen LogP contribution in [0.2, 0.25) is 0 Å². The minimum atomic E-state index is -1.37. The van der Waals surface area contributed by atoms with Crippen LogP contribution in [-0.2, 0) is 16.0 Å². The van der Waals surface area contributed by atoms with E-state index in [1.165, 1.54) is 0 Å². The molecule has 0 amide bonds. The Bertz CT molecular complexity index is 659.